The molecule has 7 heteroatoms. The molecule has 0 amide bonds. The van der Waals surface area contributed by atoms with Gasteiger partial charge in [-0.2, -0.15) is 0 Å². The summed E-state index contributed by atoms with van der Waals surface area (Å²) in [5, 5.41) is 11.9. The van der Waals surface area contributed by atoms with E-state index in [1.165, 1.54) is 24.5 Å². The van der Waals surface area contributed by atoms with Crippen LogP contribution in [0.4, 0.5) is 11.4 Å². The Morgan fingerprint density at radius 1 is 1.19 bits per heavy atom. The summed E-state index contributed by atoms with van der Waals surface area (Å²) in [6.07, 6.45) is 3.77. The van der Waals surface area contributed by atoms with Crippen LogP contribution >= 0.6 is 0 Å². The number of anilines is 2. The number of hydrogen-bond acceptors (Lipinski definition) is 5. The van der Waals surface area contributed by atoms with E-state index in [0.717, 1.165) is 32.2 Å². The largest absolute Gasteiger partial charge is 0.397 e. The third kappa shape index (κ3) is 5.18. The van der Waals surface area contributed by atoms with Gasteiger partial charge in [0.2, 0.25) is 10.0 Å². The Morgan fingerprint density at radius 3 is 2.48 bits per heavy atom. The zero-order valence-electron chi connectivity index (χ0n) is 12.7. The molecule has 0 aliphatic heterocycles. The Labute approximate surface area is 127 Å². The van der Waals surface area contributed by atoms with Crippen LogP contribution in [0.15, 0.2) is 23.1 Å². The molecule has 0 aromatic heterocycles. The molecule has 0 heterocycles. The van der Waals surface area contributed by atoms with Crippen LogP contribution in [-0.2, 0) is 10.0 Å². The highest BCUT2D eigenvalue weighted by Crippen LogP contribution is 2.24. The van der Waals surface area contributed by atoms with Gasteiger partial charge < -0.3 is 16.2 Å². The summed E-state index contributed by atoms with van der Waals surface area (Å²) in [5.41, 5.74) is 7.04. The number of sulfonamides is 1. The number of aliphatic hydroxyl groups excluding tert-OH is 1. The maximum absolute atomic E-state index is 12.1. The summed E-state index contributed by atoms with van der Waals surface area (Å²) in [6, 6.07) is 4.68. The number of nitrogens with zero attached hydrogens (tertiary/aromatic N) is 1. The van der Waals surface area contributed by atoms with E-state index in [9.17, 15) is 8.42 Å². The first-order chi connectivity index (χ1) is 9.89. The lowest BCUT2D eigenvalue weighted by molar-refractivity contribution is 0.283. The van der Waals surface area contributed by atoms with Crippen molar-refractivity contribution in [3.63, 3.8) is 0 Å². The van der Waals surface area contributed by atoms with Crippen LogP contribution in [-0.4, -0.2) is 45.1 Å². The van der Waals surface area contributed by atoms with Crippen molar-refractivity contribution < 1.29 is 13.5 Å². The zero-order chi connectivity index (χ0) is 15.9. The van der Waals surface area contributed by atoms with E-state index in [-0.39, 0.29) is 11.5 Å². The maximum atomic E-state index is 12.1. The molecule has 0 bridgehead atoms. The normalized spacial score (nSPS) is 11.8. The topological polar surface area (TPSA) is 95.7 Å². The van der Waals surface area contributed by atoms with Crippen LogP contribution in [0.5, 0.6) is 0 Å². The van der Waals surface area contributed by atoms with Crippen LogP contribution in [0, 0.1) is 0 Å². The quantitative estimate of drug-likeness (QED) is 0.474. The molecule has 0 saturated carbocycles. The molecule has 0 spiro atoms. The SMILES string of the molecule is CN(C)S(=O)(=O)c1ccc(N)c(NCCCCCCO)c1. The van der Waals surface area contributed by atoms with Gasteiger partial charge in [-0.3, -0.25) is 0 Å². The van der Waals surface area contributed by atoms with E-state index in [2.05, 4.69) is 5.32 Å². The van der Waals surface area contributed by atoms with Crippen molar-refractivity contribution in [2.75, 3.05) is 38.3 Å². The lowest BCUT2D eigenvalue weighted by Crippen LogP contribution is -2.22. The van der Waals surface area contributed by atoms with Crippen LogP contribution in [0.25, 0.3) is 0 Å². The molecule has 1 aromatic rings. The van der Waals surface area contributed by atoms with E-state index in [4.69, 9.17) is 10.8 Å². The minimum atomic E-state index is -3.45. The smallest absolute Gasteiger partial charge is 0.242 e. The number of nitrogen functional groups attached to an aromatic ring is 1. The van der Waals surface area contributed by atoms with Crippen molar-refractivity contribution >= 4 is 21.4 Å². The molecule has 0 saturated heterocycles. The molecule has 21 heavy (non-hydrogen) atoms. The van der Waals surface area contributed by atoms with Crippen LogP contribution in [0.3, 0.4) is 0 Å². The third-order valence-corrected chi connectivity index (χ3v) is 5.01. The average Bonchev–Trinajstić information content (AvgIpc) is 2.44. The monoisotopic (exact) mass is 315 g/mol. The minimum absolute atomic E-state index is 0.226. The summed E-state index contributed by atoms with van der Waals surface area (Å²) >= 11 is 0. The lowest BCUT2D eigenvalue weighted by Gasteiger charge is -2.14. The van der Waals surface area contributed by atoms with Crippen molar-refractivity contribution in [2.45, 2.75) is 30.6 Å². The van der Waals surface area contributed by atoms with Crippen LogP contribution < -0.4 is 11.1 Å². The molecule has 1 rings (SSSR count). The second kappa shape index (κ2) is 8.21. The van der Waals surface area contributed by atoms with Gasteiger partial charge in [-0.1, -0.05) is 12.8 Å². The van der Waals surface area contributed by atoms with Gasteiger partial charge in [0.05, 0.1) is 16.3 Å². The zero-order valence-corrected chi connectivity index (χ0v) is 13.5. The predicted octanol–water partition coefficient (Wildman–Crippen LogP) is 1.48. The van der Waals surface area contributed by atoms with Gasteiger partial charge in [0.25, 0.3) is 0 Å². The highest BCUT2D eigenvalue weighted by atomic mass is 32.2. The molecule has 1 aromatic carbocycles. The number of nitrogens with two attached hydrogens (primary N) is 1. The highest BCUT2D eigenvalue weighted by Gasteiger charge is 2.18. The van der Waals surface area contributed by atoms with Crippen LogP contribution in [0.2, 0.25) is 0 Å². The molecule has 4 N–H and O–H groups in total. The number of benzene rings is 1. The maximum Gasteiger partial charge on any atom is 0.242 e. The van der Waals surface area contributed by atoms with Crippen LogP contribution in [0.1, 0.15) is 25.7 Å². The summed E-state index contributed by atoms with van der Waals surface area (Å²) in [7, 11) is -0.449. The van der Waals surface area contributed by atoms with Gasteiger partial charge in [-0.15, -0.1) is 0 Å². The van der Waals surface area contributed by atoms with E-state index in [0.29, 0.717) is 11.4 Å². The van der Waals surface area contributed by atoms with Gasteiger partial charge in [-0.05, 0) is 31.0 Å². The Bertz CT molecular complexity index is 544. The van der Waals surface area contributed by atoms with Gasteiger partial charge in [0.15, 0.2) is 0 Å². The average molecular weight is 315 g/mol. The number of unbranched alkanes of at least 4 members (excludes halogenated alkanes) is 3. The summed E-state index contributed by atoms with van der Waals surface area (Å²) < 4.78 is 25.3. The fourth-order valence-electron chi connectivity index (χ4n) is 1.87. The standard InChI is InChI=1S/C14H25N3O3S/c1-17(2)21(19,20)12-7-8-13(15)14(11-12)16-9-5-3-4-6-10-18/h7-8,11,16,18H,3-6,9-10,15H2,1-2H3. The molecule has 0 unspecified atom stereocenters. The fourth-order valence-corrected chi connectivity index (χ4v) is 2.80. The highest BCUT2D eigenvalue weighted by molar-refractivity contribution is 7.89. The van der Waals surface area contributed by atoms with Crippen molar-refractivity contribution in [2.24, 2.45) is 0 Å². The van der Waals surface area contributed by atoms with Gasteiger partial charge >= 0.3 is 0 Å². The third-order valence-electron chi connectivity index (χ3n) is 3.20. The van der Waals surface area contributed by atoms with Crippen molar-refractivity contribution in [1.82, 2.24) is 4.31 Å². The Hall–Kier alpha value is -1.31. The van der Waals surface area contributed by atoms with Crippen molar-refractivity contribution in [3.8, 4) is 0 Å². The van der Waals surface area contributed by atoms with Gasteiger partial charge in [0, 0.05) is 27.2 Å². The lowest BCUT2D eigenvalue weighted by atomic mass is 10.2. The van der Waals surface area contributed by atoms with Gasteiger partial charge in [-0.25, -0.2) is 12.7 Å². The molecule has 0 aliphatic rings. The molecule has 0 atom stereocenters. The fraction of sp³-hybridized carbons (Fsp3) is 0.571. The molecule has 0 aliphatic carbocycles. The first-order valence-electron chi connectivity index (χ1n) is 7.06. The van der Waals surface area contributed by atoms with Crippen molar-refractivity contribution in [3.05, 3.63) is 18.2 Å². The molecule has 120 valence electrons. The number of rotatable bonds is 9. The van der Waals surface area contributed by atoms with E-state index < -0.39 is 10.0 Å². The minimum Gasteiger partial charge on any atom is -0.397 e. The molecule has 6 nitrogen and oxygen atoms in total. The second-order valence-corrected chi connectivity index (χ2v) is 7.25. The Morgan fingerprint density at radius 2 is 1.86 bits per heavy atom. The predicted molar refractivity (Wildman–Crippen MR) is 85.8 cm³/mol. The second-order valence-electron chi connectivity index (χ2n) is 5.10. The number of aliphatic hydroxyl groups is 1. The summed E-state index contributed by atoms with van der Waals surface area (Å²) in [5.74, 6) is 0. The molecular weight excluding hydrogens is 290 g/mol. The van der Waals surface area contributed by atoms with E-state index >= 15 is 0 Å². The summed E-state index contributed by atoms with van der Waals surface area (Å²) in [4.78, 5) is 0.226. The van der Waals surface area contributed by atoms with E-state index in [1.54, 1.807) is 12.1 Å². The first kappa shape index (κ1) is 17.7. The number of nitrogens with one attached hydrogen (secondary N) is 1. The first-order valence-corrected chi connectivity index (χ1v) is 8.50. The number of hydrogen-bond donors (Lipinski definition) is 3. The van der Waals surface area contributed by atoms with E-state index in [1.807, 2.05) is 0 Å². The molecular formula is C14H25N3O3S. The van der Waals surface area contributed by atoms with Crippen molar-refractivity contribution in [1.29, 1.82) is 0 Å². The summed E-state index contributed by atoms with van der Waals surface area (Å²) in [6.45, 7) is 0.950. The Balaban J connectivity index is 2.67. The molecule has 0 radical (unpaired) electrons. The van der Waals surface area contributed by atoms with Gasteiger partial charge in [0.1, 0.15) is 0 Å². The Kier molecular flexibility index (Phi) is 6.94. The molecule has 0 fully saturated rings.